The molecule has 0 saturated carbocycles. The van der Waals surface area contributed by atoms with Crippen LogP contribution in [0.25, 0.3) is 0 Å². The van der Waals surface area contributed by atoms with Gasteiger partial charge in [-0.2, -0.15) is 0 Å². The number of nitrogens with zero attached hydrogens (tertiary/aromatic N) is 3. The molecule has 0 aliphatic carbocycles. The average Bonchev–Trinajstić information content (AvgIpc) is 3.10. The number of halogens is 1. The molecule has 1 aromatic carbocycles. The van der Waals surface area contributed by atoms with E-state index < -0.39 is 0 Å². The largest absolute Gasteiger partial charge is 0.351 e. The smallest absolute Gasteiger partial charge is 0.292 e. The second kappa shape index (κ2) is 7.68. The molecule has 1 aromatic heterocycles. The first-order valence-corrected chi connectivity index (χ1v) is 8.69. The lowest BCUT2D eigenvalue weighted by atomic mass is 10.0. The summed E-state index contributed by atoms with van der Waals surface area (Å²) in [6.45, 7) is 5.20. The molecule has 0 radical (unpaired) electrons. The number of carbonyl (C=O) groups is 2. The molecule has 0 spiro atoms. The van der Waals surface area contributed by atoms with Crippen LogP contribution in [0, 0.1) is 11.7 Å². The van der Waals surface area contributed by atoms with Crippen LogP contribution >= 0.6 is 0 Å². The predicted octanol–water partition coefficient (Wildman–Crippen LogP) is 2.71. The van der Waals surface area contributed by atoms with Crippen molar-refractivity contribution in [2.24, 2.45) is 5.92 Å². The highest BCUT2D eigenvalue weighted by atomic mass is 19.1. The van der Waals surface area contributed by atoms with Crippen LogP contribution in [0.2, 0.25) is 0 Å². The third-order valence-electron chi connectivity index (χ3n) is 4.70. The molecule has 0 unspecified atom stereocenters. The molecule has 7 heteroatoms. The van der Waals surface area contributed by atoms with E-state index in [9.17, 15) is 14.0 Å². The fraction of sp³-hybridized carbons (Fsp3) is 0.421. The van der Waals surface area contributed by atoms with Gasteiger partial charge in [-0.05, 0) is 23.6 Å². The zero-order chi connectivity index (χ0) is 18.7. The van der Waals surface area contributed by atoms with Crippen LogP contribution < -0.4 is 0 Å². The van der Waals surface area contributed by atoms with Crippen molar-refractivity contribution in [2.75, 3.05) is 13.1 Å². The highest BCUT2D eigenvalue weighted by molar-refractivity contribution is 5.92. The lowest BCUT2D eigenvalue weighted by Crippen LogP contribution is -2.47. The lowest BCUT2D eigenvalue weighted by Gasteiger charge is -2.34. The fourth-order valence-electron chi connectivity index (χ4n) is 3.20. The number of amides is 2. The maximum absolute atomic E-state index is 13.1. The maximum Gasteiger partial charge on any atom is 0.292 e. The summed E-state index contributed by atoms with van der Waals surface area (Å²) in [5.41, 5.74) is 0.861. The van der Waals surface area contributed by atoms with Crippen molar-refractivity contribution >= 4 is 11.8 Å². The molecule has 1 atom stereocenters. The van der Waals surface area contributed by atoms with E-state index >= 15 is 0 Å². The Morgan fingerprint density at radius 1 is 1.31 bits per heavy atom. The summed E-state index contributed by atoms with van der Waals surface area (Å²) >= 11 is 0. The van der Waals surface area contributed by atoms with Crippen LogP contribution in [0.3, 0.4) is 0 Å². The number of carbonyl (C=O) groups excluding carboxylic acids is 2. The van der Waals surface area contributed by atoms with Crippen molar-refractivity contribution in [3.8, 4) is 0 Å². The van der Waals surface area contributed by atoms with E-state index in [0.29, 0.717) is 19.6 Å². The summed E-state index contributed by atoms with van der Waals surface area (Å²) in [4.78, 5) is 28.8. The topological polar surface area (TPSA) is 66.7 Å². The van der Waals surface area contributed by atoms with Gasteiger partial charge < -0.3 is 14.3 Å². The van der Waals surface area contributed by atoms with E-state index in [1.807, 2.05) is 13.8 Å². The molecule has 138 valence electrons. The summed E-state index contributed by atoms with van der Waals surface area (Å²) in [5, 5.41) is 3.58. The van der Waals surface area contributed by atoms with Gasteiger partial charge in [0, 0.05) is 32.1 Å². The van der Waals surface area contributed by atoms with E-state index in [2.05, 4.69) is 5.16 Å². The summed E-state index contributed by atoms with van der Waals surface area (Å²) in [6, 6.07) is 7.53. The van der Waals surface area contributed by atoms with Crippen molar-refractivity contribution in [3.05, 3.63) is 53.7 Å². The van der Waals surface area contributed by atoms with Crippen molar-refractivity contribution in [3.63, 3.8) is 0 Å². The number of hydrogen-bond donors (Lipinski definition) is 0. The molecule has 26 heavy (non-hydrogen) atoms. The quantitative estimate of drug-likeness (QED) is 0.842. The minimum Gasteiger partial charge on any atom is -0.351 e. The molecule has 3 rings (SSSR count). The van der Waals surface area contributed by atoms with Gasteiger partial charge in [0.1, 0.15) is 5.82 Å². The molecular weight excluding hydrogens is 337 g/mol. The molecular formula is C19H22FN3O3. The third kappa shape index (κ3) is 3.92. The molecule has 6 nitrogen and oxygen atoms in total. The van der Waals surface area contributed by atoms with Crippen molar-refractivity contribution in [2.45, 2.75) is 32.9 Å². The Balaban J connectivity index is 1.81. The second-order valence-electron chi connectivity index (χ2n) is 6.84. The van der Waals surface area contributed by atoms with Crippen LogP contribution in [-0.2, 0) is 11.3 Å². The van der Waals surface area contributed by atoms with Gasteiger partial charge in [-0.1, -0.05) is 31.1 Å². The average molecular weight is 359 g/mol. The van der Waals surface area contributed by atoms with Gasteiger partial charge in [0.2, 0.25) is 11.7 Å². The fourth-order valence-corrected chi connectivity index (χ4v) is 3.20. The van der Waals surface area contributed by atoms with Crippen molar-refractivity contribution in [1.82, 2.24) is 15.0 Å². The van der Waals surface area contributed by atoms with Gasteiger partial charge in [-0.3, -0.25) is 9.59 Å². The Morgan fingerprint density at radius 2 is 2.04 bits per heavy atom. The zero-order valence-electron chi connectivity index (χ0n) is 14.9. The molecule has 2 aromatic rings. The minimum absolute atomic E-state index is 0.0131. The summed E-state index contributed by atoms with van der Waals surface area (Å²) in [5.74, 6) is -0.250. The second-order valence-corrected chi connectivity index (χ2v) is 6.84. The molecule has 1 fully saturated rings. The summed E-state index contributed by atoms with van der Waals surface area (Å²) in [7, 11) is 0. The van der Waals surface area contributed by atoms with Crippen molar-refractivity contribution in [1.29, 1.82) is 0 Å². The highest BCUT2D eigenvalue weighted by Crippen LogP contribution is 2.22. The third-order valence-corrected chi connectivity index (χ3v) is 4.70. The van der Waals surface area contributed by atoms with Crippen molar-refractivity contribution < 1.29 is 18.5 Å². The van der Waals surface area contributed by atoms with Gasteiger partial charge in [0.15, 0.2) is 0 Å². The molecule has 1 aliphatic heterocycles. The van der Waals surface area contributed by atoms with Crippen LogP contribution in [0.5, 0.6) is 0 Å². The highest BCUT2D eigenvalue weighted by Gasteiger charge is 2.34. The summed E-state index contributed by atoms with van der Waals surface area (Å²) < 4.78 is 18.1. The van der Waals surface area contributed by atoms with Crippen LogP contribution in [0.1, 0.15) is 36.4 Å². The molecule has 0 bridgehead atoms. The zero-order valence-corrected chi connectivity index (χ0v) is 14.9. The minimum atomic E-state index is -0.305. The van der Waals surface area contributed by atoms with Crippen LogP contribution in [0.15, 0.2) is 41.1 Å². The van der Waals surface area contributed by atoms with E-state index in [1.54, 1.807) is 21.9 Å². The number of aromatic nitrogens is 1. The molecule has 2 amide bonds. The van der Waals surface area contributed by atoms with Crippen LogP contribution in [-0.4, -0.2) is 45.9 Å². The summed E-state index contributed by atoms with van der Waals surface area (Å²) in [6.07, 6.45) is 1.67. The normalized spacial score (nSPS) is 18.3. The Morgan fingerprint density at radius 3 is 2.65 bits per heavy atom. The van der Waals surface area contributed by atoms with Gasteiger partial charge in [-0.25, -0.2) is 4.39 Å². The number of hydrogen-bond acceptors (Lipinski definition) is 4. The first kappa shape index (κ1) is 18.1. The van der Waals surface area contributed by atoms with E-state index in [0.717, 1.165) is 5.56 Å². The Kier molecular flexibility index (Phi) is 5.35. The first-order valence-electron chi connectivity index (χ1n) is 8.69. The monoisotopic (exact) mass is 359 g/mol. The Bertz CT molecular complexity index is 759. The number of rotatable bonds is 4. The lowest BCUT2D eigenvalue weighted by molar-refractivity contribution is -0.134. The van der Waals surface area contributed by atoms with E-state index in [-0.39, 0.29) is 41.8 Å². The standard InChI is InChI=1S/C19H22FN3O3/c1-13(2)16-12-22(19(25)17-7-9-21-26-17)10-8-18(24)23(16)11-14-3-5-15(20)6-4-14/h3-7,9,13,16H,8,10-12H2,1-2H3/t16-/m0/s1. The molecule has 1 saturated heterocycles. The van der Waals surface area contributed by atoms with E-state index in [1.165, 1.54) is 24.4 Å². The predicted molar refractivity (Wildman–Crippen MR) is 92.6 cm³/mol. The Labute approximate surface area is 151 Å². The SMILES string of the molecule is CC(C)[C@@H]1CN(C(=O)c2ccno2)CCC(=O)N1Cc1ccc(F)cc1. The number of benzene rings is 1. The Hall–Kier alpha value is -2.70. The van der Waals surface area contributed by atoms with Gasteiger partial charge >= 0.3 is 0 Å². The van der Waals surface area contributed by atoms with Gasteiger partial charge in [0.05, 0.1) is 12.2 Å². The van der Waals surface area contributed by atoms with Gasteiger partial charge in [0.25, 0.3) is 5.91 Å². The van der Waals surface area contributed by atoms with Gasteiger partial charge in [-0.15, -0.1) is 0 Å². The molecule has 2 heterocycles. The van der Waals surface area contributed by atoms with Crippen LogP contribution in [0.4, 0.5) is 4.39 Å². The van der Waals surface area contributed by atoms with E-state index in [4.69, 9.17) is 4.52 Å². The molecule has 0 N–H and O–H groups in total. The molecule has 1 aliphatic rings. The first-order chi connectivity index (χ1) is 12.5. The maximum atomic E-state index is 13.1.